The van der Waals surface area contributed by atoms with Crippen molar-refractivity contribution in [3.05, 3.63) is 53.0 Å². The number of nitrogens with zero attached hydrogens (tertiary/aromatic N) is 2. The maximum Gasteiger partial charge on any atom is 0.130 e. The fraction of sp³-hybridized carbons (Fsp3) is 0.286. The lowest BCUT2D eigenvalue weighted by Crippen LogP contribution is -2.05. The zero-order valence-electron chi connectivity index (χ0n) is 9.85. The number of anilines is 1. The van der Waals surface area contributed by atoms with Crippen LogP contribution in [0.1, 0.15) is 35.0 Å². The van der Waals surface area contributed by atoms with Gasteiger partial charge in [-0.15, -0.1) is 0 Å². The number of aromatic nitrogens is 2. The van der Waals surface area contributed by atoms with Crippen molar-refractivity contribution in [2.45, 2.75) is 25.7 Å². The molecule has 0 spiro atoms. The minimum Gasteiger partial charge on any atom is -0.383 e. The lowest BCUT2D eigenvalue weighted by molar-refractivity contribution is 0.768. The van der Waals surface area contributed by atoms with Crippen LogP contribution < -0.4 is 5.73 Å². The highest BCUT2D eigenvalue weighted by molar-refractivity contribution is 5.49. The molecular weight excluding hydrogens is 210 g/mol. The van der Waals surface area contributed by atoms with Gasteiger partial charge in [-0.25, -0.2) is 9.97 Å². The molecule has 1 aromatic carbocycles. The number of aryl methyl sites for hydroxylation is 1. The SMILES string of the molecule is Cc1nc(N)c2c(n1)C(c1ccccc1)CC2. The number of nitrogens with two attached hydrogens (primary N) is 1. The molecule has 0 amide bonds. The van der Waals surface area contributed by atoms with Crippen LogP contribution in [0.5, 0.6) is 0 Å². The standard InChI is InChI=1S/C14H15N3/c1-9-16-13-11(10-5-3-2-4-6-10)7-8-12(13)14(15)17-9/h2-6,11H,7-8H2,1H3,(H2,15,16,17). The molecule has 1 atom stereocenters. The molecular formula is C14H15N3. The van der Waals surface area contributed by atoms with Crippen molar-refractivity contribution in [2.24, 2.45) is 0 Å². The molecule has 1 aliphatic carbocycles. The number of rotatable bonds is 1. The van der Waals surface area contributed by atoms with Crippen LogP contribution >= 0.6 is 0 Å². The fourth-order valence-corrected chi connectivity index (χ4v) is 2.62. The Morgan fingerprint density at radius 2 is 1.94 bits per heavy atom. The molecule has 0 radical (unpaired) electrons. The Morgan fingerprint density at radius 1 is 1.18 bits per heavy atom. The first-order valence-electron chi connectivity index (χ1n) is 5.93. The van der Waals surface area contributed by atoms with Crippen LogP contribution in [0.2, 0.25) is 0 Å². The Kier molecular flexibility index (Phi) is 2.32. The molecule has 86 valence electrons. The highest BCUT2D eigenvalue weighted by Gasteiger charge is 2.27. The Labute approximate surface area is 101 Å². The molecule has 0 bridgehead atoms. The highest BCUT2D eigenvalue weighted by atomic mass is 15.0. The average molecular weight is 225 g/mol. The molecule has 0 aliphatic heterocycles. The fourth-order valence-electron chi connectivity index (χ4n) is 2.62. The Bertz CT molecular complexity index is 549. The molecule has 3 rings (SSSR count). The summed E-state index contributed by atoms with van der Waals surface area (Å²) < 4.78 is 0. The summed E-state index contributed by atoms with van der Waals surface area (Å²) in [6.07, 6.45) is 2.07. The van der Waals surface area contributed by atoms with Gasteiger partial charge < -0.3 is 5.73 Å². The quantitative estimate of drug-likeness (QED) is 0.811. The van der Waals surface area contributed by atoms with Crippen molar-refractivity contribution in [1.29, 1.82) is 0 Å². The summed E-state index contributed by atoms with van der Waals surface area (Å²) in [5, 5.41) is 0. The van der Waals surface area contributed by atoms with E-state index in [1.807, 2.05) is 13.0 Å². The van der Waals surface area contributed by atoms with E-state index in [9.17, 15) is 0 Å². The minimum absolute atomic E-state index is 0.384. The molecule has 1 aliphatic rings. The molecule has 1 aromatic heterocycles. The molecule has 3 heteroatoms. The van der Waals surface area contributed by atoms with Gasteiger partial charge in [-0.2, -0.15) is 0 Å². The van der Waals surface area contributed by atoms with Crippen LogP contribution in [0.3, 0.4) is 0 Å². The molecule has 3 nitrogen and oxygen atoms in total. The van der Waals surface area contributed by atoms with Gasteiger partial charge in [-0.05, 0) is 25.3 Å². The van der Waals surface area contributed by atoms with Crippen LogP contribution in [0.25, 0.3) is 0 Å². The first-order valence-corrected chi connectivity index (χ1v) is 5.93. The van der Waals surface area contributed by atoms with Gasteiger partial charge in [-0.1, -0.05) is 30.3 Å². The maximum atomic E-state index is 5.96. The van der Waals surface area contributed by atoms with Gasteiger partial charge in [0.25, 0.3) is 0 Å². The summed E-state index contributed by atoms with van der Waals surface area (Å²) in [7, 11) is 0. The van der Waals surface area contributed by atoms with Crippen LogP contribution in [0.15, 0.2) is 30.3 Å². The van der Waals surface area contributed by atoms with E-state index in [4.69, 9.17) is 5.73 Å². The topological polar surface area (TPSA) is 51.8 Å². The molecule has 17 heavy (non-hydrogen) atoms. The zero-order chi connectivity index (χ0) is 11.8. The second-order valence-corrected chi connectivity index (χ2v) is 4.52. The van der Waals surface area contributed by atoms with Crippen molar-refractivity contribution >= 4 is 5.82 Å². The largest absolute Gasteiger partial charge is 0.383 e. The van der Waals surface area contributed by atoms with Gasteiger partial charge in [0.1, 0.15) is 11.6 Å². The van der Waals surface area contributed by atoms with E-state index < -0.39 is 0 Å². The van der Waals surface area contributed by atoms with Crippen molar-refractivity contribution < 1.29 is 0 Å². The van der Waals surface area contributed by atoms with E-state index in [1.54, 1.807) is 0 Å². The number of hydrogen-bond donors (Lipinski definition) is 1. The monoisotopic (exact) mass is 225 g/mol. The van der Waals surface area contributed by atoms with E-state index >= 15 is 0 Å². The number of benzene rings is 1. The Balaban J connectivity index is 2.10. The average Bonchev–Trinajstić information content (AvgIpc) is 2.74. The second kappa shape index (κ2) is 3.84. The first kappa shape index (κ1) is 10.3. The van der Waals surface area contributed by atoms with Crippen LogP contribution in [-0.4, -0.2) is 9.97 Å². The normalized spacial score (nSPS) is 18.1. The summed E-state index contributed by atoms with van der Waals surface area (Å²) in [4.78, 5) is 8.82. The van der Waals surface area contributed by atoms with Crippen LogP contribution in [0.4, 0.5) is 5.82 Å². The third-order valence-corrected chi connectivity index (χ3v) is 3.40. The minimum atomic E-state index is 0.384. The van der Waals surface area contributed by atoms with E-state index in [0.29, 0.717) is 11.7 Å². The van der Waals surface area contributed by atoms with E-state index in [0.717, 1.165) is 29.9 Å². The van der Waals surface area contributed by atoms with Gasteiger partial charge >= 0.3 is 0 Å². The Morgan fingerprint density at radius 3 is 2.71 bits per heavy atom. The lowest BCUT2D eigenvalue weighted by Gasteiger charge is -2.11. The van der Waals surface area contributed by atoms with Gasteiger partial charge in [0.05, 0.1) is 5.69 Å². The number of fused-ring (bicyclic) bond motifs is 1. The summed E-state index contributed by atoms with van der Waals surface area (Å²) in [6.45, 7) is 1.90. The predicted molar refractivity (Wildman–Crippen MR) is 67.8 cm³/mol. The van der Waals surface area contributed by atoms with Gasteiger partial charge in [-0.3, -0.25) is 0 Å². The van der Waals surface area contributed by atoms with Gasteiger partial charge in [0.2, 0.25) is 0 Å². The third-order valence-electron chi connectivity index (χ3n) is 3.40. The Hall–Kier alpha value is -1.90. The molecule has 2 N–H and O–H groups in total. The molecule has 1 unspecified atom stereocenters. The highest BCUT2D eigenvalue weighted by Crippen LogP contribution is 2.38. The lowest BCUT2D eigenvalue weighted by atomic mass is 9.97. The molecule has 0 saturated heterocycles. The first-order chi connectivity index (χ1) is 8.25. The van der Waals surface area contributed by atoms with Crippen molar-refractivity contribution in [3.63, 3.8) is 0 Å². The van der Waals surface area contributed by atoms with Crippen molar-refractivity contribution in [2.75, 3.05) is 5.73 Å². The van der Waals surface area contributed by atoms with Crippen molar-refractivity contribution in [1.82, 2.24) is 9.97 Å². The van der Waals surface area contributed by atoms with Gasteiger partial charge in [0.15, 0.2) is 0 Å². The van der Waals surface area contributed by atoms with Gasteiger partial charge in [0, 0.05) is 11.5 Å². The van der Waals surface area contributed by atoms with E-state index in [-0.39, 0.29) is 0 Å². The number of nitrogen functional groups attached to an aromatic ring is 1. The smallest absolute Gasteiger partial charge is 0.130 e. The molecule has 1 heterocycles. The van der Waals surface area contributed by atoms with Crippen LogP contribution in [-0.2, 0) is 6.42 Å². The summed E-state index contributed by atoms with van der Waals surface area (Å²) in [5.41, 5.74) is 9.55. The molecule has 2 aromatic rings. The summed E-state index contributed by atoms with van der Waals surface area (Å²) in [5.74, 6) is 1.81. The molecule has 0 saturated carbocycles. The van der Waals surface area contributed by atoms with Crippen molar-refractivity contribution in [3.8, 4) is 0 Å². The maximum absolute atomic E-state index is 5.96. The third kappa shape index (κ3) is 1.68. The van der Waals surface area contributed by atoms with Crippen LogP contribution in [0, 0.1) is 6.92 Å². The predicted octanol–water partition coefficient (Wildman–Crippen LogP) is 2.45. The number of hydrogen-bond acceptors (Lipinski definition) is 3. The van der Waals surface area contributed by atoms with E-state index in [1.165, 1.54) is 5.56 Å². The zero-order valence-corrected chi connectivity index (χ0v) is 9.85. The van der Waals surface area contributed by atoms with E-state index in [2.05, 4.69) is 34.2 Å². The summed E-state index contributed by atoms with van der Waals surface area (Å²) in [6, 6.07) is 10.5. The summed E-state index contributed by atoms with van der Waals surface area (Å²) >= 11 is 0. The molecule has 0 fully saturated rings. The second-order valence-electron chi connectivity index (χ2n) is 4.52.